The van der Waals surface area contributed by atoms with Crippen LogP contribution in [0.5, 0.6) is 0 Å². The molecule has 2 aliphatic carbocycles. The Labute approximate surface area is 383 Å². The summed E-state index contributed by atoms with van der Waals surface area (Å²) in [6.45, 7) is 18.4. The number of esters is 1. The SMILES string of the molecule is C=NCC1CC([C@@H]2CCc3ccc4cc3C(=C2c2cccnc2[C@H](C)OC)CC(C)(C)COC(=O)[C@@H]2CCCN(N2)C(=O)C(NC(=O)OC(C)(C)C)[C@H](N2CCOCC2)c2nc-4co2)C1. The van der Waals surface area contributed by atoms with Crippen LogP contribution in [0.1, 0.15) is 120 Å². The van der Waals surface area contributed by atoms with Gasteiger partial charge in [0.1, 0.15) is 35.7 Å². The van der Waals surface area contributed by atoms with E-state index in [1.165, 1.54) is 21.7 Å². The molecule has 5 aliphatic rings. The lowest BCUT2D eigenvalue weighted by Crippen LogP contribution is -2.63. The summed E-state index contributed by atoms with van der Waals surface area (Å²) in [6, 6.07) is 7.91. The highest BCUT2D eigenvalue weighted by atomic mass is 16.6. The third kappa shape index (κ3) is 10.4. The fraction of sp³-hybridized carbons (Fsp3) is 0.600. The van der Waals surface area contributed by atoms with Gasteiger partial charge in [-0.3, -0.25) is 24.5 Å². The number of morpholine rings is 1. The number of cyclic esters (lactones) is 1. The molecule has 2 amide bonds. The molecule has 6 bridgehead atoms. The minimum absolute atomic E-state index is 0.147. The molecule has 8 rings (SSSR count). The number of aliphatic imine (C=N–C) groups is 1. The summed E-state index contributed by atoms with van der Waals surface area (Å²) in [6.07, 6.45) is 8.05. The highest BCUT2D eigenvalue weighted by molar-refractivity contribution is 5.95. The standard InChI is InChI=1S/C50H67N7O8/c1-30(61-8)42-36(11-9-17-52-42)41-35(34-23-31(24-34)27-51-7)16-15-32-13-14-33-25-37(32)38(41)26-50(5,6)29-64-47(59)39-12-10-18-57(55-39)46(58)43(54-48(60)65-49(2,3)4)44(45-53-40(33)28-63-45)56-19-21-62-22-20-56/h9,11,13-14,17,25,28,30-31,34-35,39,43-44,55H,7,10,12,15-16,18-24,26-27,29H2,1-6,8H3,(H,54,60)/t30-,31?,34?,35-,39-,43?,44-/m0/s1. The highest BCUT2D eigenvalue weighted by Crippen LogP contribution is 2.53. The number of nitrogens with one attached hydrogen (secondary N) is 2. The van der Waals surface area contributed by atoms with Gasteiger partial charge in [0.25, 0.3) is 5.91 Å². The smallest absolute Gasteiger partial charge is 0.408 e. The van der Waals surface area contributed by atoms with Crippen LogP contribution in [0.4, 0.5) is 4.79 Å². The van der Waals surface area contributed by atoms with Gasteiger partial charge in [0.15, 0.2) is 0 Å². The number of rotatable bonds is 8. The van der Waals surface area contributed by atoms with Gasteiger partial charge in [0.2, 0.25) is 5.89 Å². The third-order valence-corrected chi connectivity index (χ3v) is 13.7. The number of carbonyl (C=O) groups is 3. The van der Waals surface area contributed by atoms with Crippen LogP contribution in [0.15, 0.2) is 52.2 Å². The monoisotopic (exact) mass is 894 g/mol. The zero-order valence-corrected chi connectivity index (χ0v) is 39.2. The fourth-order valence-electron chi connectivity index (χ4n) is 10.4. The van der Waals surface area contributed by atoms with E-state index >= 15 is 0 Å². The first kappa shape index (κ1) is 46.6. The van der Waals surface area contributed by atoms with Crippen molar-refractivity contribution in [1.82, 2.24) is 30.6 Å². The maximum atomic E-state index is 14.9. The Balaban J connectivity index is 1.32. The molecular formula is C50H67N7O8. The quantitative estimate of drug-likeness (QED) is 0.170. The predicted molar refractivity (Wildman–Crippen MR) is 246 cm³/mol. The van der Waals surface area contributed by atoms with Crippen LogP contribution < -0.4 is 10.7 Å². The van der Waals surface area contributed by atoms with Gasteiger partial charge < -0.3 is 33.7 Å². The Morgan fingerprint density at radius 2 is 1.89 bits per heavy atom. The first-order valence-electron chi connectivity index (χ1n) is 23.4. The van der Waals surface area contributed by atoms with Crippen molar-refractivity contribution in [2.45, 2.75) is 116 Å². The minimum atomic E-state index is -1.22. The number of fused-ring (bicyclic) bond motifs is 6. The normalized spacial score (nSPS) is 27.0. The van der Waals surface area contributed by atoms with Crippen molar-refractivity contribution in [3.8, 4) is 11.3 Å². The molecule has 5 atom stereocenters. The van der Waals surface area contributed by atoms with Crippen molar-refractivity contribution < 1.29 is 37.7 Å². The van der Waals surface area contributed by atoms with Gasteiger partial charge in [-0.25, -0.2) is 15.2 Å². The number of benzene rings is 1. The number of hydrogen-bond acceptors (Lipinski definition) is 13. The van der Waals surface area contributed by atoms with E-state index in [9.17, 15) is 14.4 Å². The number of pyridine rings is 1. The van der Waals surface area contributed by atoms with Crippen molar-refractivity contribution in [3.05, 3.63) is 71.1 Å². The molecule has 65 heavy (non-hydrogen) atoms. The summed E-state index contributed by atoms with van der Waals surface area (Å²) >= 11 is 0. The molecule has 3 fully saturated rings. The van der Waals surface area contributed by atoms with E-state index in [0.717, 1.165) is 54.6 Å². The second kappa shape index (κ2) is 19.5. The van der Waals surface area contributed by atoms with Crippen molar-refractivity contribution in [2.75, 3.05) is 53.1 Å². The van der Waals surface area contributed by atoms with Crippen LogP contribution in [0.25, 0.3) is 22.4 Å². The molecule has 5 heterocycles. The van der Waals surface area contributed by atoms with Gasteiger partial charge >= 0.3 is 12.1 Å². The van der Waals surface area contributed by atoms with Crippen molar-refractivity contribution >= 4 is 35.8 Å². The van der Waals surface area contributed by atoms with Crippen LogP contribution in [0.3, 0.4) is 0 Å². The maximum absolute atomic E-state index is 14.9. The summed E-state index contributed by atoms with van der Waals surface area (Å²) in [5.41, 5.74) is 10.1. The number of ether oxygens (including phenoxy) is 4. The number of hydrazine groups is 1. The van der Waals surface area contributed by atoms with Gasteiger partial charge in [0, 0.05) is 56.0 Å². The Morgan fingerprint density at radius 1 is 1.11 bits per heavy atom. The first-order valence-corrected chi connectivity index (χ1v) is 23.4. The van der Waals surface area contributed by atoms with E-state index in [2.05, 4.69) is 65.5 Å². The molecule has 15 heteroatoms. The largest absolute Gasteiger partial charge is 0.464 e. The Kier molecular flexibility index (Phi) is 14.0. The number of nitrogens with zero attached hydrogens (tertiary/aromatic N) is 5. The molecule has 0 radical (unpaired) electrons. The summed E-state index contributed by atoms with van der Waals surface area (Å²) in [5, 5.41) is 4.34. The fourth-order valence-corrected chi connectivity index (χ4v) is 10.4. The number of alkyl carbamates (subject to hydrolysis) is 1. The molecule has 1 saturated carbocycles. The molecule has 1 aromatic carbocycles. The second-order valence-electron chi connectivity index (χ2n) is 20.3. The average molecular weight is 894 g/mol. The molecule has 3 aromatic rings. The van der Waals surface area contributed by atoms with E-state index in [-0.39, 0.29) is 24.5 Å². The molecule has 2 saturated heterocycles. The number of amides is 2. The Hall–Kier alpha value is -4.96. The molecular weight excluding hydrogens is 827 g/mol. The summed E-state index contributed by atoms with van der Waals surface area (Å²) in [7, 11) is 1.72. The first-order chi connectivity index (χ1) is 31.1. The zero-order chi connectivity index (χ0) is 46.0. The third-order valence-electron chi connectivity index (χ3n) is 13.7. The van der Waals surface area contributed by atoms with E-state index in [4.69, 9.17) is 33.3 Å². The highest BCUT2D eigenvalue weighted by Gasteiger charge is 2.45. The zero-order valence-electron chi connectivity index (χ0n) is 39.2. The number of methoxy groups -OCH3 is 1. The maximum Gasteiger partial charge on any atom is 0.408 e. The number of aryl methyl sites for hydroxylation is 1. The predicted octanol–water partition coefficient (Wildman–Crippen LogP) is 7.38. The molecule has 0 spiro atoms. The molecule has 350 valence electrons. The summed E-state index contributed by atoms with van der Waals surface area (Å²) < 4.78 is 30.1. The van der Waals surface area contributed by atoms with Crippen molar-refractivity contribution in [1.29, 1.82) is 0 Å². The lowest BCUT2D eigenvalue weighted by atomic mass is 9.63. The van der Waals surface area contributed by atoms with Crippen LogP contribution in [0.2, 0.25) is 0 Å². The second-order valence-corrected chi connectivity index (χ2v) is 20.3. The van der Waals surface area contributed by atoms with Gasteiger partial charge in [-0.2, -0.15) is 0 Å². The number of oxazole rings is 1. The van der Waals surface area contributed by atoms with E-state index < -0.39 is 47.1 Å². The Morgan fingerprint density at radius 3 is 2.63 bits per heavy atom. The van der Waals surface area contributed by atoms with E-state index in [0.29, 0.717) is 69.6 Å². The van der Waals surface area contributed by atoms with Gasteiger partial charge in [0.05, 0.1) is 31.6 Å². The lowest BCUT2D eigenvalue weighted by molar-refractivity contribution is -0.155. The number of carbonyl (C=O) groups excluding carboxylic acids is 3. The summed E-state index contributed by atoms with van der Waals surface area (Å²) in [5.74, 6) is 0.547. The molecule has 2 aromatic heterocycles. The minimum Gasteiger partial charge on any atom is -0.464 e. The molecule has 1 unspecified atom stereocenters. The van der Waals surface area contributed by atoms with Gasteiger partial charge in [-0.05, 0) is 132 Å². The number of aromatic nitrogens is 2. The number of hydrogen-bond donors (Lipinski definition) is 2. The van der Waals surface area contributed by atoms with Gasteiger partial charge in [-0.1, -0.05) is 32.0 Å². The Bertz CT molecular complexity index is 2250. The number of allylic oxidation sites excluding steroid dienone is 2. The topological polar surface area (TPSA) is 170 Å². The van der Waals surface area contributed by atoms with Crippen molar-refractivity contribution in [2.24, 2.45) is 28.2 Å². The van der Waals surface area contributed by atoms with Gasteiger partial charge in [-0.15, -0.1) is 0 Å². The lowest BCUT2D eigenvalue weighted by Gasteiger charge is -2.42. The average Bonchev–Trinajstić information content (AvgIpc) is 3.70. The van der Waals surface area contributed by atoms with Crippen LogP contribution in [-0.2, 0) is 35.0 Å². The van der Waals surface area contributed by atoms with Crippen molar-refractivity contribution in [3.63, 3.8) is 0 Å². The van der Waals surface area contributed by atoms with Crippen LogP contribution in [0, 0.1) is 23.2 Å². The molecule has 2 N–H and O–H groups in total. The van der Waals surface area contributed by atoms with Crippen LogP contribution >= 0.6 is 0 Å². The van der Waals surface area contributed by atoms with Crippen LogP contribution in [-0.4, -0.2) is 115 Å². The molecule has 15 nitrogen and oxygen atoms in total. The van der Waals surface area contributed by atoms with E-state index in [1.807, 2.05) is 19.2 Å². The molecule has 3 aliphatic heterocycles. The van der Waals surface area contributed by atoms with E-state index in [1.54, 1.807) is 34.1 Å². The summed E-state index contributed by atoms with van der Waals surface area (Å²) in [4.78, 5) is 59.1.